The molecular weight excluding hydrogens is 482 g/mol. The summed E-state index contributed by atoms with van der Waals surface area (Å²) in [5.41, 5.74) is -1.13. The molecule has 2 aromatic rings. The lowest BCUT2D eigenvalue weighted by molar-refractivity contribution is -0.144. The molecule has 38 heavy (non-hydrogen) atoms. The molecule has 5 rings (SSSR count). The molecule has 0 radical (unpaired) electrons. The van der Waals surface area contributed by atoms with Crippen molar-refractivity contribution in [3.05, 3.63) is 42.5 Å². The third-order valence-corrected chi connectivity index (χ3v) is 8.68. The van der Waals surface area contributed by atoms with Crippen molar-refractivity contribution in [3.8, 4) is 0 Å². The summed E-state index contributed by atoms with van der Waals surface area (Å²) in [5.74, 6) is -1.89. The van der Waals surface area contributed by atoms with Crippen LogP contribution in [0.1, 0.15) is 58.8 Å². The number of amides is 3. The zero-order valence-electron chi connectivity index (χ0n) is 22.4. The molecule has 8 heteroatoms. The second-order valence-electron chi connectivity index (χ2n) is 11.2. The van der Waals surface area contributed by atoms with E-state index in [-0.39, 0.29) is 24.3 Å². The van der Waals surface area contributed by atoms with Gasteiger partial charge in [-0.15, -0.1) is 0 Å². The molecule has 3 fully saturated rings. The van der Waals surface area contributed by atoms with Gasteiger partial charge in [0, 0.05) is 25.4 Å². The lowest BCUT2D eigenvalue weighted by Gasteiger charge is -2.33. The molecule has 204 valence electrons. The first-order chi connectivity index (χ1) is 18.3. The average Bonchev–Trinajstić information content (AvgIpc) is 3.47. The highest BCUT2D eigenvalue weighted by molar-refractivity contribution is 6.04. The van der Waals surface area contributed by atoms with E-state index in [0.29, 0.717) is 38.0 Å². The van der Waals surface area contributed by atoms with Crippen LogP contribution in [0.5, 0.6) is 0 Å². The third-order valence-electron chi connectivity index (χ3n) is 8.68. The highest BCUT2D eigenvalue weighted by Crippen LogP contribution is 2.63. The van der Waals surface area contributed by atoms with E-state index in [2.05, 4.69) is 10.6 Å². The maximum Gasteiger partial charge on any atom is 0.250 e. The Kier molecular flexibility index (Phi) is 7.47. The number of carbonyl (C=O) groups excluding carboxylic acids is 3. The van der Waals surface area contributed by atoms with Crippen LogP contribution in [-0.4, -0.2) is 64.7 Å². The Hall–Kier alpha value is -2.97. The summed E-state index contributed by atoms with van der Waals surface area (Å²) >= 11 is 0. The van der Waals surface area contributed by atoms with Crippen molar-refractivity contribution in [1.29, 1.82) is 0 Å². The molecule has 0 saturated carbocycles. The molecule has 3 amide bonds. The lowest BCUT2D eigenvalue weighted by Crippen LogP contribution is -2.53. The first-order valence-electron chi connectivity index (χ1n) is 14.0. The summed E-state index contributed by atoms with van der Waals surface area (Å²) in [5, 5.41) is 17.3. The van der Waals surface area contributed by atoms with Crippen molar-refractivity contribution in [2.24, 2.45) is 11.8 Å². The van der Waals surface area contributed by atoms with Crippen molar-refractivity contribution < 1.29 is 24.2 Å². The normalized spacial score (nSPS) is 29.6. The first kappa shape index (κ1) is 26.6. The lowest BCUT2D eigenvalue weighted by atomic mass is 9.66. The maximum absolute atomic E-state index is 14.0. The molecule has 3 aliphatic rings. The average molecular weight is 522 g/mol. The van der Waals surface area contributed by atoms with Crippen molar-refractivity contribution in [1.82, 2.24) is 10.2 Å². The van der Waals surface area contributed by atoms with E-state index in [4.69, 9.17) is 9.84 Å². The van der Waals surface area contributed by atoms with Crippen molar-refractivity contribution in [3.63, 3.8) is 0 Å². The van der Waals surface area contributed by atoms with Crippen molar-refractivity contribution >= 4 is 34.2 Å². The Bertz CT molecular complexity index is 1220. The van der Waals surface area contributed by atoms with Crippen LogP contribution in [0.25, 0.3) is 10.8 Å². The highest BCUT2D eigenvalue weighted by atomic mass is 16.5. The fourth-order valence-electron chi connectivity index (χ4n) is 6.95. The number of hydrogen-bond acceptors (Lipinski definition) is 5. The fraction of sp³-hybridized carbons (Fsp3) is 0.567. The molecule has 3 N–H and O–H groups in total. The van der Waals surface area contributed by atoms with Crippen molar-refractivity contribution in [2.75, 3.05) is 25.0 Å². The highest BCUT2D eigenvalue weighted by Gasteiger charge is 2.77. The molecule has 2 aromatic carbocycles. The number of nitrogens with zero attached hydrogens (tertiary/aromatic N) is 1. The van der Waals surface area contributed by atoms with Gasteiger partial charge < -0.3 is 25.4 Å². The predicted molar refractivity (Wildman–Crippen MR) is 145 cm³/mol. The molecule has 0 aromatic heterocycles. The summed E-state index contributed by atoms with van der Waals surface area (Å²) in [7, 11) is 0. The summed E-state index contributed by atoms with van der Waals surface area (Å²) in [6.07, 6.45) is 5.14. The number of rotatable bonds is 11. The van der Waals surface area contributed by atoms with Crippen LogP contribution in [0.15, 0.2) is 42.5 Å². The minimum absolute atomic E-state index is 0.144. The predicted octanol–water partition coefficient (Wildman–Crippen LogP) is 3.62. The van der Waals surface area contributed by atoms with Gasteiger partial charge in [-0.25, -0.2) is 0 Å². The van der Waals surface area contributed by atoms with Gasteiger partial charge in [-0.05, 0) is 61.9 Å². The van der Waals surface area contributed by atoms with E-state index in [1.54, 1.807) is 4.90 Å². The number of carbonyl (C=O) groups is 3. The van der Waals surface area contributed by atoms with E-state index in [1.807, 2.05) is 56.3 Å². The van der Waals surface area contributed by atoms with E-state index in [1.165, 1.54) is 0 Å². The molecular formula is C30H39N3O5. The van der Waals surface area contributed by atoms with E-state index in [9.17, 15) is 14.4 Å². The molecule has 0 aliphatic carbocycles. The molecule has 8 nitrogen and oxygen atoms in total. The summed E-state index contributed by atoms with van der Waals surface area (Å²) < 4.78 is 6.66. The smallest absolute Gasteiger partial charge is 0.250 e. The zero-order chi connectivity index (χ0) is 26.9. The molecule has 2 unspecified atom stereocenters. The molecule has 5 atom stereocenters. The van der Waals surface area contributed by atoms with E-state index >= 15 is 0 Å². The minimum atomic E-state index is -1.02. The van der Waals surface area contributed by atoms with Gasteiger partial charge in [0.05, 0.1) is 17.4 Å². The molecule has 3 saturated heterocycles. The van der Waals surface area contributed by atoms with Crippen LogP contribution in [0, 0.1) is 11.8 Å². The standard InChI is InChI=1S/C30H39N3O5/c1-3-16-31-26(35)23-24-28(37)33(17-8-4-5-9-18-34)25(30(24)15-14-29(23,2)38-30)27(36)32-22-13-12-20-10-6-7-11-21(20)19-22/h6-7,10-13,19,23-25,34H,3-5,8-9,14-18H2,1-2H3,(H,31,35)(H,32,36)/t23-,24+,25?,29+,30?/m1/s1. The van der Waals surface area contributed by atoms with Gasteiger partial charge in [-0.2, -0.15) is 0 Å². The second kappa shape index (κ2) is 10.7. The number of unbranched alkanes of at least 4 members (excludes halogenated alkanes) is 3. The molecule has 1 spiro atoms. The number of ether oxygens (including phenoxy) is 1. The van der Waals surface area contributed by atoms with Crippen LogP contribution in [-0.2, 0) is 19.1 Å². The summed E-state index contributed by atoms with van der Waals surface area (Å²) in [6, 6.07) is 12.9. The number of fused-ring (bicyclic) bond motifs is 2. The number of anilines is 1. The summed E-state index contributed by atoms with van der Waals surface area (Å²) in [4.78, 5) is 43.0. The van der Waals surface area contributed by atoms with Crippen LogP contribution < -0.4 is 10.6 Å². The van der Waals surface area contributed by atoms with Gasteiger partial charge in [0.15, 0.2) is 0 Å². The number of benzene rings is 2. The van der Waals surface area contributed by atoms with Crippen LogP contribution >= 0.6 is 0 Å². The van der Waals surface area contributed by atoms with Crippen molar-refractivity contribution in [2.45, 2.75) is 76.0 Å². The van der Waals surface area contributed by atoms with Gasteiger partial charge in [0.1, 0.15) is 11.6 Å². The van der Waals surface area contributed by atoms with Gasteiger partial charge >= 0.3 is 0 Å². The zero-order valence-corrected chi connectivity index (χ0v) is 22.4. The van der Waals surface area contributed by atoms with E-state index < -0.39 is 29.1 Å². The third kappa shape index (κ3) is 4.47. The van der Waals surface area contributed by atoms with Gasteiger partial charge in [-0.3, -0.25) is 14.4 Å². The van der Waals surface area contributed by atoms with Crippen LogP contribution in [0.3, 0.4) is 0 Å². The van der Waals surface area contributed by atoms with Crippen LogP contribution in [0.2, 0.25) is 0 Å². The monoisotopic (exact) mass is 521 g/mol. The Morgan fingerprint density at radius 3 is 2.58 bits per heavy atom. The topological polar surface area (TPSA) is 108 Å². The molecule has 3 heterocycles. The molecule has 3 aliphatic heterocycles. The fourth-order valence-corrected chi connectivity index (χ4v) is 6.95. The van der Waals surface area contributed by atoms with Gasteiger partial charge in [0.25, 0.3) is 0 Å². The van der Waals surface area contributed by atoms with Crippen LogP contribution in [0.4, 0.5) is 5.69 Å². The number of likely N-dealkylation sites (tertiary alicyclic amines) is 1. The second-order valence-corrected chi connectivity index (χ2v) is 11.2. The summed E-state index contributed by atoms with van der Waals surface area (Å²) in [6.45, 7) is 5.02. The first-order valence-corrected chi connectivity index (χ1v) is 14.0. The quantitative estimate of drug-likeness (QED) is 0.392. The number of aliphatic hydroxyl groups is 1. The Morgan fingerprint density at radius 1 is 1.05 bits per heavy atom. The maximum atomic E-state index is 14.0. The van der Waals surface area contributed by atoms with Gasteiger partial charge in [-0.1, -0.05) is 50.1 Å². The number of hydrogen-bond donors (Lipinski definition) is 3. The Labute approximate surface area is 224 Å². The largest absolute Gasteiger partial charge is 0.396 e. The minimum Gasteiger partial charge on any atom is -0.396 e. The Morgan fingerprint density at radius 2 is 1.82 bits per heavy atom. The Balaban J connectivity index is 1.45. The van der Waals surface area contributed by atoms with Gasteiger partial charge in [0.2, 0.25) is 17.7 Å². The number of nitrogens with one attached hydrogen (secondary N) is 2. The number of aliphatic hydroxyl groups excluding tert-OH is 1. The SMILES string of the molecule is CCCNC(=O)[C@H]1[C@H]2C(=O)N(CCCCCCO)C(C(=O)Nc3ccc4ccccc4c3)C23CC[C@]1(C)O3. The van der Waals surface area contributed by atoms with E-state index in [0.717, 1.165) is 36.5 Å². The molecule has 2 bridgehead atoms.